The Bertz CT molecular complexity index is 986. The van der Waals surface area contributed by atoms with Gasteiger partial charge in [0.15, 0.2) is 0 Å². The number of amides is 1. The van der Waals surface area contributed by atoms with Crippen LogP contribution in [0.3, 0.4) is 0 Å². The second-order valence-corrected chi connectivity index (χ2v) is 7.54. The molecular weight excluding hydrogens is 435 g/mol. The Morgan fingerprint density at radius 2 is 1.84 bits per heavy atom. The Morgan fingerprint density at radius 3 is 2.52 bits per heavy atom. The second kappa shape index (κ2) is 11.5. The molecule has 6 nitrogen and oxygen atoms in total. The summed E-state index contributed by atoms with van der Waals surface area (Å²) in [6.45, 7) is 4.79. The van der Waals surface area contributed by atoms with Crippen LogP contribution >= 0.6 is 24.8 Å². The zero-order valence-corrected chi connectivity index (χ0v) is 19.3. The number of hydrogen-bond acceptors (Lipinski definition) is 4. The number of carbonyl (C=O) groups excluding carboxylic acids is 1. The average molecular weight is 465 g/mol. The Balaban J connectivity index is 0.00000171. The number of nitrogens with zero attached hydrogens (tertiary/aromatic N) is 3. The van der Waals surface area contributed by atoms with E-state index in [0.29, 0.717) is 18.7 Å². The van der Waals surface area contributed by atoms with Crippen LogP contribution in [0.2, 0.25) is 0 Å². The molecule has 1 fully saturated rings. The number of ether oxygens (including phenoxy) is 1. The zero-order valence-electron chi connectivity index (χ0n) is 17.7. The van der Waals surface area contributed by atoms with E-state index in [0.717, 1.165) is 54.9 Å². The number of para-hydroxylation sites is 1. The number of halogens is 2. The second-order valence-electron chi connectivity index (χ2n) is 7.54. The summed E-state index contributed by atoms with van der Waals surface area (Å²) in [7, 11) is 0. The molecule has 0 radical (unpaired) electrons. The lowest BCUT2D eigenvalue weighted by atomic mass is 10.1. The molecule has 2 aromatic carbocycles. The summed E-state index contributed by atoms with van der Waals surface area (Å²) in [5.74, 6) is 0.977. The number of imidazole rings is 1. The van der Waals surface area contributed by atoms with Crippen LogP contribution in [0.15, 0.2) is 48.5 Å². The first-order valence-electron chi connectivity index (χ1n) is 10.3. The number of benzene rings is 2. The van der Waals surface area contributed by atoms with Gasteiger partial charge in [0.2, 0.25) is 0 Å². The minimum atomic E-state index is 0. The third-order valence-electron chi connectivity index (χ3n) is 5.51. The van der Waals surface area contributed by atoms with Crippen LogP contribution in [-0.2, 0) is 4.74 Å². The molecular formula is C23H30Cl2N4O2. The van der Waals surface area contributed by atoms with E-state index in [4.69, 9.17) is 15.5 Å². The van der Waals surface area contributed by atoms with Crippen molar-refractivity contribution in [3.63, 3.8) is 0 Å². The van der Waals surface area contributed by atoms with Crippen LogP contribution in [0.5, 0.6) is 0 Å². The molecule has 0 saturated carbocycles. The number of aryl methyl sites for hydroxylation is 1. The first-order chi connectivity index (χ1) is 14.2. The molecule has 0 aliphatic carbocycles. The van der Waals surface area contributed by atoms with E-state index in [-0.39, 0.29) is 36.8 Å². The molecule has 0 atom stereocenters. The molecule has 1 aliphatic heterocycles. The van der Waals surface area contributed by atoms with Crippen LogP contribution in [0, 0.1) is 6.92 Å². The fraction of sp³-hybridized carbons (Fsp3) is 0.391. The van der Waals surface area contributed by atoms with E-state index in [1.54, 1.807) is 0 Å². The summed E-state index contributed by atoms with van der Waals surface area (Å²) in [6.07, 6.45) is 2.87. The van der Waals surface area contributed by atoms with Crippen LogP contribution in [0.1, 0.15) is 35.4 Å². The van der Waals surface area contributed by atoms with Gasteiger partial charge in [-0.1, -0.05) is 18.2 Å². The highest BCUT2D eigenvalue weighted by atomic mass is 35.5. The van der Waals surface area contributed by atoms with E-state index >= 15 is 0 Å². The maximum atomic E-state index is 13.0. The van der Waals surface area contributed by atoms with Gasteiger partial charge in [-0.15, -0.1) is 24.8 Å². The maximum Gasteiger partial charge on any atom is 0.253 e. The van der Waals surface area contributed by atoms with Crippen molar-refractivity contribution in [2.24, 2.45) is 5.73 Å². The summed E-state index contributed by atoms with van der Waals surface area (Å²) in [6, 6.07) is 16.0. The predicted molar refractivity (Wildman–Crippen MR) is 129 cm³/mol. The molecule has 0 spiro atoms. The number of aromatic nitrogens is 2. The van der Waals surface area contributed by atoms with Gasteiger partial charge in [0, 0.05) is 30.9 Å². The van der Waals surface area contributed by atoms with Gasteiger partial charge >= 0.3 is 0 Å². The van der Waals surface area contributed by atoms with Crippen molar-refractivity contribution >= 4 is 41.8 Å². The van der Waals surface area contributed by atoms with Crippen molar-refractivity contribution in [2.75, 3.05) is 26.2 Å². The molecule has 1 amide bonds. The molecule has 4 rings (SSSR count). The number of hydrogen-bond donors (Lipinski definition) is 1. The molecule has 1 aromatic heterocycles. The Morgan fingerprint density at radius 1 is 1.13 bits per heavy atom. The van der Waals surface area contributed by atoms with E-state index in [9.17, 15) is 4.79 Å². The lowest BCUT2D eigenvalue weighted by molar-refractivity contribution is 0.00845. The third-order valence-corrected chi connectivity index (χ3v) is 5.51. The number of rotatable bonds is 6. The minimum Gasteiger partial charge on any atom is -0.378 e. The van der Waals surface area contributed by atoms with Gasteiger partial charge in [-0.3, -0.25) is 9.36 Å². The van der Waals surface area contributed by atoms with Crippen molar-refractivity contribution in [1.82, 2.24) is 14.5 Å². The summed E-state index contributed by atoms with van der Waals surface area (Å²) in [5, 5.41) is 0. The van der Waals surface area contributed by atoms with E-state index in [1.165, 1.54) is 0 Å². The summed E-state index contributed by atoms with van der Waals surface area (Å²) >= 11 is 0. The number of likely N-dealkylation sites (tertiary alicyclic amines) is 1. The summed E-state index contributed by atoms with van der Waals surface area (Å²) < 4.78 is 7.96. The third kappa shape index (κ3) is 5.57. The Hall–Kier alpha value is -2.12. The summed E-state index contributed by atoms with van der Waals surface area (Å²) in [4.78, 5) is 19.6. The van der Waals surface area contributed by atoms with Crippen LogP contribution in [0.4, 0.5) is 0 Å². The van der Waals surface area contributed by atoms with Crippen LogP contribution in [0.25, 0.3) is 16.7 Å². The number of piperidine rings is 1. The van der Waals surface area contributed by atoms with Crippen molar-refractivity contribution in [3.05, 3.63) is 59.9 Å². The standard InChI is InChI=1S/C23H28N4O2.2ClH/c1-17-25-21-16-18(8-9-22(21)27(17)19-6-3-2-4-7-19)23(28)26-13-10-20(11-14-26)29-15-5-12-24;;/h2-4,6-9,16,20H,5,10-15,24H2,1H3;2*1H. The molecule has 31 heavy (non-hydrogen) atoms. The number of carbonyl (C=O) groups is 1. The lowest BCUT2D eigenvalue weighted by Crippen LogP contribution is -2.41. The normalized spacial score (nSPS) is 14.2. The molecule has 1 saturated heterocycles. The topological polar surface area (TPSA) is 73.4 Å². The van der Waals surface area contributed by atoms with E-state index in [1.807, 2.05) is 48.2 Å². The Kier molecular flexibility index (Phi) is 9.32. The molecule has 1 aliphatic rings. The highest BCUT2D eigenvalue weighted by Crippen LogP contribution is 2.24. The van der Waals surface area contributed by atoms with Crippen molar-refractivity contribution in [2.45, 2.75) is 32.3 Å². The monoisotopic (exact) mass is 464 g/mol. The molecule has 3 aromatic rings. The van der Waals surface area contributed by atoms with Gasteiger partial charge in [0.1, 0.15) is 5.82 Å². The predicted octanol–water partition coefficient (Wildman–Crippen LogP) is 4.15. The van der Waals surface area contributed by atoms with Gasteiger partial charge in [0.25, 0.3) is 5.91 Å². The highest BCUT2D eigenvalue weighted by molar-refractivity contribution is 5.97. The molecule has 0 bridgehead atoms. The van der Waals surface area contributed by atoms with Gasteiger partial charge in [-0.2, -0.15) is 0 Å². The molecule has 8 heteroatoms. The summed E-state index contributed by atoms with van der Waals surface area (Å²) in [5.41, 5.74) is 9.13. The zero-order chi connectivity index (χ0) is 20.2. The number of nitrogens with two attached hydrogens (primary N) is 1. The largest absolute Gasteiger partial charge is 0.378 e. The molecule has 0 unspecified atom stereocenters. The SMILES string of the molecule is Cc1nc2cc(C(=O)N3CCC(OCCCN)CC3)ccc2n1-c1ccccc1.Cl.Cl. The van der Waals surface area contributed by atoms with E-state index in [2.05, 4.69) is 16.7 Å². The minimum absolute atomic E-state index is 0. The Labute approximate surface area is 195 Å². The fourth-order valence-corrected chi connectivity index (χ4v) is 3.98. The van der Waals surface area contributed by atoms with Crippen LogP contribution < -0.4 is 5.73 Å². The lowest BCUT2D eigenvalue weighted by Gasteiger charge is -2.32. The van der Waals surface area contributed by atoms with Crippen molar-refractivity contribution in [1.29, 1.82) is 0 Å². The quantitative estimate of drug-likeness (QED) is 0.556. The van der Waals surface area contributed by atoms with Gasteiger partial charge in [-0.25, -0.2) is 4.98 Å². The van der Waals surface area contributed by atoms with Gasteiger partial charge < -0.3 is 15.4 Å². The first kappa shape index (κ1) is 25.1. The first-order valence-corrected chi connectivity index (χ1v) is 10.3. The molecule has 2 heterocycles. The van der Waals surface area contributed by atoms with Gasteiger partial charge in [0.05, 0.1) is 17.1 Å². The fourth-order valence-electron chi connectivity index (χ4n) is 3.98. The van der Waals surface area contributed by atoms with Gasteiger partial charge in [-0.05, 0) is 63.1 Å². The maximum absolute atomic E-state index is 13.0. The molecule has 2 N–H and O–H groups in total. The molecule has 168 valence electrons. The highest BCUT2D eigenvalue weighted by Gasteiger charge is 2.24. The average Bonchev–Trinajstić information content (AvgIpc) is 3.09. The van der Waals surface area contributed by atoms with Crippen LogP contribution in [-0.4, -0.2) is 52.7 Å². The van der Waals surface area contributed by atoms with Crippen molar-refractivity contribution < 1.29 is 9.53 Å². The number of fused-ring (bicyclic) bond motifs is 1. The van der Waals surface area contributed by atoms with Crippen molar-refractivity contribution in [3.8, 4) is 5.69 Å². The smallest absolute Gasteiger partial charge is 0.253 e. The van der Waals surface area contributed by atoms with E-state index < -0.39 is 0 Å².